The molecular weight excluding hydrogens is 310 g/mol. The molecule has 0 bridgehead atoms. The Morgan fingerprint density at radius 3 is 2.43 bits per heavy atom. The van der Waals surface area contributed by atoms with Gasteiger partial charge in [-0.1, -0.05) is 48.9 Å². The van der Waals surface area contributed by atoms with Crippen molar-refractivity contribution in [3.63, 3.8) is 0 Å². The van der Waals surface area contributed by atoms with Crippen molar-refractivity contribution in [1.82, 2.24) is 5.32 Å². The SMILES string of the molecule is NC(=NO)C1(NC(=O)c2ccc(Cl)s2)CCCCCCC1. The number of hydrogen-bond acceptors (Lipinski definition) is 4. The molecule has 2 rings (SSSR count). The van der Waals surface area contributed by atoms with Gasteiger partial charge in [0.05, 0.1) is 9.21 Å². The van der Waals surface area contributed by atoms with Crippen LogP contribution in [0.25, 0.3) is 0 Å². The molecule has 1 heterocycles. The van der Waals surface area contributed by atoms with E-state index in [1.807, 2.05) is 0 Å². The summed E-state index contributed by atoms with van der Waals surface area (Å²) in [7, 11) is 0. The first-order valence-electron chi connectivity index (χ1n) is 7.13. The van der Waals surface area contributed by atoms with Gasteiger partial charge in [-0.05, 0) is 25.0 Å². The summed E-state index contributed by atoms with van der Waals surface area (Å²) in [6, 6.07) is 3.38. The lowest BCUT2D eigenvalue weighted by Gasteiger charge is -2.35. The Hall–Kier alpha value is -1.27. The number of halogens is 1. The molecule has 0 unspecified atom stereocenters. The Balaban J connectivity index is 2.20. The maximum absolute atomic E-state index is 12.4. The van der Waals surface area contributed by atoms with Crippen molar-refractivity contribution in [3.8, 4) is 0 Å². The van der Waals surface area contributed by atoms with E-state index in [0.717, 1.165) is 25.7 Å². The van der Waals surface area contributed by atoms with Gasteiger partial charge >= 0.3 is 0 Å². The van der Waals surface area contributed by atoms with Crippen molar-refractivity contribution < 1.29 is 10.0 Å². The van der Waals surface area contributed by atoms with Gasteiger partial charge < -0.3 is 16.3 Å². The molecule has 0 atom stereocenters. The summed E-state index contributed by atoms with van der Waals surface area (Å²) in [6.07, 6.45) is 6.66. The van der Waals surface area contributed by atoms with Crippen LogP contribution in [0.3, 0.4) is 0 Å². The second-order valence-corrected chi connectivity index (χ2v) is 7.11. The maximum Gasteiger partial charge on any atom is 0.262 e. The van der Waals surface area contributed by atoms with E-state index in [0.29, 0.717) is 22.1 Å². The number of amidine groups is 1. The van der Waals surface area contributed by atoms with Crippen molar-refractivity contribution >= 4 is 34.7 Å². The van der Waals surface area contributed by atoms with Crippen LogP contribution in [0.15, 0.2) is 17.3 Å². The van der Waals surface area contributed by atoms with Gasteiger partial charge in [-0.3, -0.25) is 4.79 Å². The second-order valence-electron chi connectivity index (χ2n) is 5.39. The van der Waals surface area contributed by atoms with Gasteiger partial charge in [-0.25, -0.2) is 0 Å². The first kappa shape index (κ1) is 16.1. The van der Waals surface area contributed by atoms with Gasteiger partial charge in [-0.2, -0.15) is 0 Å². The fourth-order valence-corrected chi connectivity index (χ4v) is 3.70. The molecule has 4 N–H and O–H groups in total. The number of nitrogens with zero attached hydrogens (tertiary/aromatic N) is 1. The highest BCUT2D eigenvalue weighted by atomic mass is 35.5. The number of thiophene rings is 1. The molecule has 1 fully saturated rings. The lowest BCUT2D eigenvalue weighted by molar-refractivity contribution is 0.0914. The zero-order valence-corrected chi connectivity index (χ0v) is 13.3. The van der Waals surface area contributed by atoms with Gasteiger partial charge in [0.15, 0.2) is 5.84 Å². The summed E-state index contributed by atoms with van der Waals surface area (Å²) in [4.78, 5) is 12.9. The molecule has 1 saturated carbocycles. The molecule has 21 heavy (non-hydrogen) atoms. The number of amides is 1. The highest BCUT2D eigenvalue weighted by Gasteiger charge is 2.37. The molecule has 116 valence electrons. The Labute approximate surface area is 133 Å². The van der Waals surface area contributed by atoms with Gasteiger partial charge in [0.25, 0.3) is 5.91 Å². The topological polar surface area (TPSA) is 87.7 Å². The molecular formula is C14H20ClN3O2S. The minimum absolute atomic E-state index is 0.0837. The second kappa shape index (κ2) is 7.13. The van der Waals surface area contributed by atoms with Crippen molar-refractivity contribution in [2.24, 2.45) is 10.9 Å². The molecule has 0 aliphatic heterocycles. The average Bonchev–Trinajstić information content (AvgIpc) is 2.88. The summed E-state index contributed by atoms with van der Waals surface area (Å²) in [5, 5.41) is 15.2. The highest BCUT2D eigenvalue weighted by molar-refractivity contribution is 7.18. The fraction of sp³-hybridized carbons (Fsp3) is 0.571. The van der Waals surface area contributed by atoms with E-state index in [1.165, 1.54) is 17.8 Å². The molecule has 7 heteroatoms. The third kappa shape index (κ3) is 3.89. The summed E-state index contributed by atoms with van der Waals surface area (Å²) < 4.78 is 0.565. The summed E-state index contributed by atoms with van der Waals surface area (Å²) in [6.45, 7) is 0. The Kier molecular flexibility index (Phi) is 5.47. The van der Waals surface area contributed by atoms with E-state index in [9.17, 15) is 4.79 Å². The first-order valence-corrected chi connectivity index (χ1v) is 8.33. The Bertz CT molecular complexity index is 522. The third-order valence-corrected chi connectivity index (χ3v) is 5.18. The van der Waals surface area contributed by atoms with Gasteiger partial charge in [0, 0.05) is 0 Å². The Morgan fingerprint density at radius 1 is 1.29 bits per heavy atom. The number of carbonyl (C=O) groups is 1. The predicted molar refractivity (Wildman–Crippen MR) is 85.3 cm³/mol. The van der Waals surface area contributed by atoms with Crippen LogP contribution in [0.5, 0.6) is 0 Å². The van der Waals surface area contributed by atoms with Crippen LogP contribution in [0.1, 0.15) is 54.6 Å². The van der Waals surface area contributed by atoms with Crippen LogP contribution >= 0.6 is 22.9 Å². The first-order chi connectivity index (χ1) is 10.1. The average molecular weight is 330 g/mol. The van der Waals surface area contributed by atoms with Gasteiger partial charge in [-0.15, -0.1) is 11.3 Å². The largest absolute Gasteiger partial charge is 0.409 e. The van der Waals surface area contributed by atoms with Crippen LogP contribution in [-0.4, -0.2) is 22.5 Å². The molecule has 1 aromatic heterocycles. The van der Waals surface area contributed by atoms with Crippen molar-refractivity contribution in [1.29, 1.82) is 0 Å². The van der Waals surface area contributed by atoms with E-state index in [1.54, 1.807) is 12.1 Å². The number of rotatable bonds is 3. The maximum atomic E-state index is 12.4. The predicted octanol–water partition coefficient (Wildman–Crippen LogP) is 3.36. The summed E-state index contributed by atoms with van der Waals surface area (Å²) >= 11 is 7.09. The van der Waals surface area contributed by atoms with Gasteiger partial charge in [0.2, 0.25) is 0 Å². The monoisotopic (exact) mass is 329 g/mol. The van der Waals surface area contributed by atoms with Crippen LogP contribution in [0.2, 0.25) is 4.34 Å². The molecule has 1 aliphatic rings. The van der Waals surface area contributed by atoms with E-state index < -0.39 is 5.54 Å². The minimum atomic E-state index is -0.761. The van der Waals surface area contributed by atoms with Crippen molar-refractivity contribution in [2.45, 2.75) is 50.5 Å². The molecule has 5 nitrogen and oxygen atoms in total. The zero-order chi connectivity index (χ0) is 15.3. The molecule has 0 radical (unpaired) electrons. The van der Waals surface area contributed by atoms with Crippen LogP contribution in [0.4, 0.5) is 0 Å². The molecule has 1 amide bonds. The lowest BCUT2D eigenvalue weighted by Crippen LogP contribution is -2.57. The molecule has 0 aromatic carbocycles. The number of carbonyl (C=O) groups excluding carboxylic acids is 1. The van der Waals surface area contributed by atoms with Crippen LogP contribution in [0, 0.1) is 0 Å². The van der Waals surface area contributed by atoms with Gasteiger partial charge in [0.1, 0.15) is 5.54 Å². The normalized spacial score (nSPS) is 19.6. The molecule has 1 aromatic rings. The number of oxime groups is 1. The van der Waals surface area contributed by atoms with Crippen molar-refractivity contribution in [2.75, 3.05) is 0 Å². The van der Waals surface area contributed by atoms with Crippen LogP contribution in [-0.2, 0) is 0 Å². The highest BCUT2D eigenvalue weighted by Crippen LogP contribution is 2.28. The zero-order valence-electron chi connectivity index (χ0n) is 11.8. The lowest BCUT2D eigenvalue weighted by atomic mass is 9.82. The van der Waals surface area contributed by atoms with E-state index >= 15 is 0 Å². The molecule has 0 spiro atoms. The fourth-order valence-electron chi connectivity index (χ4n) is 2.77. The number of hydrogen-bond donors (Lipinski definition) is 3. The van der Waals surface area contributed by atoms with E-state index in [2.05, 4.69) is 10.5 Å². The molecule has 1 aliphatic carbocycles. The summed E-state index contributed by atoms with van der Waals surface area (Å²) in [5.41, 5.74) is 5.14. The quantitative estimate of drug-likeness (QED) is 0.344. The van der Waals surface area contributed by atoms with Crippen molar-refractivity contribution in [3.05, 3.63) is 21.3 Å². The van der Waals surface area contributed by atoms with E-state index in [-0.39, 0.29) is 11.7 Å². The summed E-state index contributed by atoms with van der Waals surface area (Å²) in [5.74, 6) is -0.139. The van der Waals surface area contributed by atoms with E-state index in [4.69, 9.17) is 22.5 Å². The number of nitrogens with one attached hydrogen (secondary N) is 1. The third-order valence-electron chi connectivity index (χ3n) is 3.95. The number of nitrogens with two attached hydrogens (primary N) is 1. The van der Waals surface area contributed by atoms with Crippen LogP contribution < -0.4 is 11.1 Å². The smallest absolute Gasteiger partial charge is 0.262 e. The standard InChI is InChI=1S/C14H20ClN3O2S/c15-11-7-6-10(21-11)12(19)17-14(13(16)18-20)8-4-2-1-3-5-9-14/h6-7,20H,1-5,8-9H2,(H2,16,18)(H,17,19). The minimum Gasteiger partial charge on any atom is -0.409 e. The molecule has 0 saturated heterocycles. The Morgan fingerprint density at radius 2 is 1.90 bits per heavy atom.